The number of Topliss-reactive ketones (excluding diaryl/α,β-unsaturated/α-hetero) is 1. The summed E-state index contributed by atoms with van der Waals surface area (Å²) >= 11 is 0. The molecule has 0 unspecified atom stereocenters. The van der Waals surface area contributed by atoms with Crippen LogP contribution in [0.15, 0.2) is 78.9 Å². The SMILES string of the molecule is CCC[C@@H](C(=O)N1CCC[C@H]1C(=O)OCc1ccccc1)[C@H](OC(C)=O)C(=O)OCC(=O)[C@H](Cc1ccccc1)NC(=O)c1ccc(F)cc1F. The first-order valence-electron chi connectivity index (χ1n) is 16.7. The first kappa shape index (κ1) is 38.3. The largest absolute Gasteiger partial charge is 0.459 e. The lowest BCUT2D eigenvalue weighted by molar-refractivity contribution is -0.175. The summed E-state index contributed by atoms with van der Waals surface area (Å²) in [6.07, 6.45) is -0.498. The number of likely N-dealkylation sites (tertiary alicyclic amines) is 1. The van der Waals surface area contributed by atoms with Crippen LogP contribution in [0.4, 0.5) is 8.78 Å². The molecule has 0 saturated carbocycles. The standard InChI is InChI=1S/C38H40F2N2O9/c1-3-11-29(36(46)42-19-10-16-32(42)37(47)49-22-26-14-8-5-9-15-26)34(51-24(2)43)38(48)50-23-33(44)31(20-25-12-6-4-7-13-25)41-35(45)28-18-17-27(39)21-30(28)40/h4-9,12-15,17-18,21,29,31-32,34H,3,10-11,16,19-20,22-23H2,1-2H3,(H,41,45)/t29-,31+,32+,34+/m1/s1. The second-order valence-electron chi connectivity index (χ2n) is 12.1. The molecule has 1 fully saturated rings. The predicted molar refractivity (Wildman–Crippen MR) is 179 cm³/mol. The molecule has 1 aliphatic heterocycles. The van der Waals surface area contributed by atoms with Crippen molar-refractivity contribution in [1.29, 1.82) is 0 Å². The normalized spacial score (nSPS) is 15.6. The van der Waals surface area contributed by atoms with E-state index >= 15 is 0 Å². The van der Waals surface area contributed by atoms with E-state index in [9.17, 15) is 37.5 Å². The molecule has 0 radical (unpaired) electrons. The zero-order chi connectivity index (χ0) is 36.9. The molecule has 270 valence electrons. The molecule has 3 aromatic rings. The Kier molecular flexibility index (Phi) is 13.9. The van der Waals surface area contributed by atoms with Gasteiger partial charge in [-0.15, -0.1) is 0 Å². The molecule has 11 nitrogen and oxygen atoms in total. The van der Waals surface area contributed by atoms with E-state index in [-0.39, 0.29) is 26.0 Å². The van der Waals surface area contributed by atoms with E-state index in [4.69, 9.17) is 14.2 Å². The van der Waals surface area contributed by atoms with Crippen molar-refractivity contribution in [3.63, 3.8) is 0 Å². The molecule has 0 spiro atoms. The van der Waals surface area contributed by atoms with Crippen LogP contribution in [0.5, 0.6) is 0 Å². The maximum Gasteiger partial charge on any atom is 0.348 e. The predicted octanol–water partition coefficient (Wildman–Crippen LogP) is 4.50. The zero-order valence-electron chi connectivity index (χ0n) is 28.3. The van der Waals surface area contributed by atoms with Gasteiger partial charge in [0.2, 0.25) is 12.0 Å². The lowest BCUT2D eigenvalue weighted by Crippen LogP contribution is -2.50. The van der Waals surface area contributed by atoms with Gasteiger partial charge in [-0.25, -0.2) is 18.4 Å². The molecule has 51 heavy (non-hydrogen) atoms. The highest BCUT2D eigenvalue weighted by Crippen LogP contribution is 2.27. The minimum absolute atomic E-state index is 0.0115. The summed E-state index contributed by atoms with van der Waals surface area (Å²) in [7, 11) is 0. The number of esters is 3. The number of rotatable bonds is 16. The molecule has 1 heterocycles. The second kappa shape index (κ2) is 18.5. The zero-order valence-corrected chi connectivity index (χ0v) is 28.3. The highest BCUT2D eigenvalue weighted by molar-refractivity contribution is 5.99. The molecule has 0 aliphatic carbocycles. The quantitative estimate of drug-likeness (QED) is 0.168. The van der Waals surface area contributed by atoms with Crippen LogP contribution >= 0.6 is 0 Å². The first-order chi connectivity index (χ1) is 24.5. The van der Waals surface area contributed by atoms with Gasteiger partial charge in [0.15, 0.2) is 12.4 Å². The van der Waals surface area contributed by atoms with Crippen molar-refractivity contribution in [3.05, 3.63) is 107 Å². The van der Waals surface area contributed by atoms with Crippen LogP contribution in [-0.4, -0.2) is 71.7 Å². The third-order valence-electron chi connectivity index (χ3n) is 8.35. The summed E-state index contributed by atoms with van der Waals surface area (Å²) in [5, 5.41) is 2.43. The fourth-order valence-corrected chi connectivity index (χ4v) is 5.83. The number of carbonyl (C=O) groups is 6. The highest BCUT2D eigenvalue weighted by atomic mass is 19.1. The van der Waals surface area contributed by atoms with Crippen LogP contribution in [0.2, 0.25) is 0 Å². The van der Waals surface area contributed by atoms with Crippen molar-refractivity contribution in [2.24, 2.45) is 5.92 Å². The molecular weight excluding hydrogens is 666 g/mol. The highest BCUT2D eigenvalue weighted by Gasteiger charge is 2.44. The number of nitrogens with zero attached hydrogens (tertiary/aromatic N) is 1. The summed E-state index contributed by atoms with van der Waals surface area (Å²) in [6.45, 7) is 2.14. The van der Waals surface area contributed by atoms with Crippen molar-refractivity contribution >= 4 is 35.5 Å². The van der Waals surface area contributed by atoms with Gasteiger partial charge in [-0.1, -0.05) is 74.0 Å². The molecule has 13 heteroatoms. The van der Waals surface area contributed by atoms with Crippen LogP contribution in [0.1, 0.15) is 61.0 Å². The maximum atomic E-state index is 14.4. The molecule has 1 N–H and O–H groups in total. The van der Waals surface area contributed by atoms with Crippen molar-refractivity contribution < 1.29 is 51.8 Å². The van der Waals surface area contributed by atoms with Crippen LogP contribution in [0.3, 0.4) is 0 Å². The number of nitrogens with one attached hydrogen (secondary N) is 1. The van der Waals surface area contributed by atoms with Crippen molar-refractivity contribution in [3.8, 4) is 0 Å². The average Bonchev–Trinajstić information content (AvgIpc) is 3.61. The fourth-order valence-electron chi connectivity index (χ4n) is 5.83. The Balaban J connectivity index is 1.48. The molecule has 0 aromatic heterocycles. The van der Waals surface area contributed by atoms with Gasteiger partial charge >= 0.3 is 17.9 Å². The smallest absolute Gasteiger partial charge is 0.348 e. The van der Waals surface area contributed by atoms with Gasteiger partial charge in [0.05, 0.1) is 17.5 Å². The number of carbonyl (C=O) groups excluding carboxylic acids is 6. The number of hydrogen-bond donors (Lipinski definition) is 1. The van der Waals surface area contributed by atoms with Crippen LogP contribution < -0.4 is 5.32 Å². The van der Waals surface area contributed by atoms with E-state index < -0.39 is 83.4 Å². The lowest BCUT2D eigenvalue weighted by Gasteiger charge is -2.31. The van der Waals surface area contributed by atoms with Crippen molar-refractivity contribution in [2.45, 2.75) is 70.7 Å². The third-order valence-corrected chi connectivity index (χ3v) is 8.35. The lowest BCUT2D eigenvalue weighted by atomic mass is 9.94. The van der Waals surface area contributed by atoms with Gasteiger partial charge in [0.1, 0.15) is 24.3 Å². The molecular formula is C38H40F2N2O9. The average molecular weight is 707 g/mol. The number of ketones is 1. The number of amides is 2. The van der Waals surface area contributed by atoms with E-state index in [2.05, 4.69) is 5.32 Å². The van der Waals surface area contributed by atoms with Gasteiger partial charge in [-0.3, -0.25) is 19.2 Å². The number of ether oxygens (including phenoxy) is 3. The molecule has 1 aliphatic rings. The van der Waals surface area contributed by atoms with E-state index in [1.54, 1.807) is 61.5 Å². The molecule has 3 aromatic carbocycles. The summed E-state index contributed by atoms with van der Waals surface area (Å²) in [5.74, 6) is -8.33. The summed E-state index contributed by atoms with van der Waals surface area (Å²) in [6, 6.07) is 17.7. The third kappa shape index (κ3) is 10.8. The van der Waals surface area contributed by atoms with Crippen LogP contribution in [-0.2, 0) is 51.2 Å². The van der Waals surface area contributed by atoms with E-state index in [0.717, 1.165) is 24.6 Å². The van der Waals surface area contributed by atoms with Gasteiger partial charge in [0.25, 0.3) is 5.91 Å². The number of halogens is 2. The summed E-state index contributed by atoms with van der Waals surface area (Å²) in [5.41, 5.74) is 0.890. The molecule has 2 amide bonds. The van der Waals surface area contributed by atoms with Gasteiger partial charge in [-0.2, -0.15) is 0 Å². The molecule has 4 atom stereocenters. The van der Waals surface area contributed by atoms with Gasteiger partial charge in [0, 0.05) is 19.5 Å². The van der Waals surface area contributed by atoms with E-state index in [1.807, 2.05) is 6.07 Å². The van der Waals surface area contributed by atoms with Gasteiger partial charge in [-0.05, 0) is 48.9 Å². The Morgan fingerprint density at radius 2 is 1.57 bits per heavy atom. The Bertz CT molecular complexity index is 1700. The Hall–Kier alpha value is -5.46. The minimum atomic E-state index is -1.75. The minimum Gasteiger partial charge on any atom is -0.459 e. The van der Waals surface area contributed by atoms with E-state index in [1.165, 1.54) is 4.90 Å². The summed E-state index contributed by atoms with van der Waals surface area (Å²) < 4.78 is 43.9. The van der Waals surface area contributed by atoms with Crippen LogP contribution in [0, 0.1) is 17.6 Å². The number of benzene rings is 3. The topological polar surface area (TPSA) is 145 Å². The van der Waals surface area contributed by atoms with Crippen molar-refractivity contribution in [1.82, 2.24) is 10.2 Å². The Morgan fingerprint density at radius 3 is 2.20 bits per heavy atom. The van der Waals surface area contributed by atoms with E-state index in [0.29, 0.717) is 30.9 Å². The molecule has 0 bridgehead atoms. The second-order valence-corrected chi connectivity index (χ2v) is 12.1. The molecule has 1 saturated heterocycles. The Morgan fingerprint density at radius 1 is 0.902 bits per heavy atom. The Labute approximate surface area is 294 Å². The monoisotopic (exact) mass is 706 g/mol. The fraction of sp³-hybridized carbons (Fsp3) is 0.368. The van der Waals surface area contributed by atoms with Gasteiger partial charge < -0.3 is 24.4 Å². The molecule has 4 rings (SSSR count). The summed E-state index contributed by atoms with van der Waals surface area (Å²) in [4.78, 5) is 80.4. The number of hydrogen-bond acceptors (Lipinski definition) is 9. The van der Waals surface area contributed by atoms with Crippen LogP contribution in [0.25, 0.3) is 0 Å². The first-order valence-corrected chi connectivity index (χ1v) is 16.7. The van der Waals surface area contributed by atoms with Crippen molar-refractivity contribution in [2.75, 3.05) is 13.2 Å². The maximum absolute atomic E-state index is 14.4.